The van der Waals surface area contributed by atoms with Gasteiger partial charge in [0.2, 0.25) is 0 Å². The Morgan fingerprint density at radius 2 is 2.04 bits per heavy atom. The van der Waals surface area contributed by atoms with Crippen molar-refractivity contribution in [3.05, 3.63) is 41.6 Å². The molecule has 9 heteroatoms. The highest BCUT2D eigenvalue weighted by Crippen LogP contribution is 2.34. The zero-order valence-electron chi connectivity index (χ0n) is 14.4. The predicted octanol–water partition coefficient (Wildman–Crippen LogP) is 3.17. The molecule has 2 aromatic rings. The van der Waals surface area contributed by atoms with Gasteiger partial charge in [0, 0.05) is 11.1 Å². The van der Waals surface area contributed by atoms with Gasteiger partial charge in [-0.05, 0) is 37.3 Å². The number of fused-ring (bicyclic) bond motifs is 1. The van der Waals surface area contributed by atoms with Gasteiger partial charge >= 0.3 is 5.97 Å². The Morgan fingerprint density at radius 3 is 2.78 bits per heavy atom. The second-order valence-corrected chi connectivity index (χ2v) is 7.06. The van der Waals surface area contributed by atoms with E-state index in [0.29, 0.717) is 35.6 Å². The lowest BCUT2D eigenvalue weighted by molar-refractivity contribution is -0.150. The van der Waals surface area contributed by atoms with E-state index in [2.05, 4.69) is 10.3 Å². The minimum atomic E-state index is -0.948. The molecule has 0 saturated heterocycles. The number of benzene rings is 1. The van der Waals surface area contributed by atoms with Crippen LogP contribution in [-0.4, -0.2) is 41.9 Å². The van der Waals surface area contributed by atoms with Crippen LogP contribution in [0.4, 0.5) is 5.82 Å². The molecule has 1 aromatic heterocycles. The Balaban J connectivity index is 1.47. The maximum Gasteiger partial charge on any atom is 0.317 e. The lowest BCUT2D eigenvalue weighted by atomic mass is 10.3. The number of amides is 1. The molecule has 2 heterocycles. The van der Waals surface area contributed by atoms with Crippen molar-refractivity contribution in [3.8, 4) is 11.5 Å². The number of carbonyl (C=O) groups is 2. The number of aromatic nitrogens is 1. The average Bonchev–Trinajstić information content (AvgIpc) is 2.68. The summed E-state index contributed by atoms with van der Waals surface area (Å²) < 4.78 is 16.1. The average molecular weight is 409 g/mol. The molecule has 0 unspecified atom stereocenters. The van der Waals surface area contributed by atoms with Crippen molar-refractivity contribution in [2.24, 2.45) is 0 Å². The number of hydrogen-bond donors (Lipinski definition) is 1. The van der Waals surface area contributed by atoms with E-state index in [1.807, 2.05) is 12.1 Å². The van der Waals surface area contributed by atoms with Crippen LogP contribution in [-0.2, 0) is 14.3 Å². The van der Waals surface area contributed by atoms with Crippen LogP contribution in [0.25, 0.3) is 0 Å². The third-order valence-electron chi connectivity index (χ3n) is 3.53. The molecule has 1 aliphatic heterocycles. The Hall–Kier alpha value is -2.45. The normalized spacial score (nSPS) is 13.6. The number of esters is 1. The number of nitrogens with one attached hydrogen (secondary N) is 1. The maximum atomic E-state index is 12.1. The highest BCUT2D eigenvalue weighted by molar-refractivity contribution is 8.00. The van der Waals surface area contributed by atoms with E-state index in [4.69, 9.17) is 25.8 Å². The van der Waals surface area contributed by atoms with Crippen LogP contribution in [0.5, 0.6) is 11.5 Å². The second kappa shape index (κ2) is 8.96. The number of hydrogen-bond acceptors (Lipinski definition) is 7. The molecule has 1 aromatic carbocycles. The summed E-state index contributed by atoms with van der Waals surface area (Å²) in [6.45, 7) is 2.52. The third kappa shape index (κ3) is 5.51. The molecule has 0 spiro atoms. The van der Waals surface area contributed by atoms with Gasteiger partial charge < -0.3 is 19.5 Å². The largest absolute Gasteiger partial charge is 0.486 e. The van der Waals surface area contributed by atoms with Gasteiger partial charge in [-0.1, -0.05) is 11.6 Å². The molecule has 0 fully saturated rings. The van der Waals surface area contributed by atoms with Gasteiger partial charge in [-0.25, -0.2) is 4.98 Å². The molecule has 1 atom stereocenters. The van der Waals surface area contributed by atoms with Crippen LogP contribution in [0, 0.1) is 0 Å². The zero-order valence-corrected chi connectivity index (χ0v) is 16.0. The molecule has 1 N–H and O–H groups in total. The second-order valence-electron chi connectivity index (χ2n) is 5.58. The standard InChI is InChI=1S/C18H17ClN2O5S/c1-11(18(23)21-16-5-2-12(19)9-20-16)26-17(22)10-27-13-3-4-14-15(8-13)25-7-6-24-14/h2-5,8-9,11H,6-7,10H2,1H3,(H,20,21,23)/t11-/m0/s1. The van der Waals surface area contributed by atoms with E-state index in [1.54, 1.807) is 18.2 Å². The van der Waals surface area contributed by atoms with E-state index < -0.39 is 18.0 Å². The first kappa shape index (κ1) is 19.3. The van der Waals surface area contributed by atoms with Gasteiger partial charge in [0.15, 0.2) is 17.6 Å². The van der Waals surface area contributed by atoms with Crippen LogP contribution < -0.4 is 14.8 Å². The van der Waals surface area contributed by atoms with Crippen LogP contribution in [0.3, 0.4) is 0 Å². The van der Waals surface area contributed by atoms with Crippen LogP contribution in [0.1, 0.15) is 6.92 Å². The lowest BCUT2D eigenvalue weighted by Crippen LogP contribution is -2.30. The van der Waals surface area contributed by atoms with Gasteiger partial charge in [-0.15, -0.1) is 11.8 Å². The summed E-state index contributed by atoms with van der Waals surface area (Å²) in [7, 11) is 0. The van der Waals surface area contributed by atoms with Crippen LogP contribution >= 0.6 is 23.4 Å². The zero-order chi connectivity index (χ0) is 19.2. The Bertz CT molecular complexity index is 831. The van der Waals surface area contributed by atoms with Crippen LogP contribution in [0.2, 0.25) is 5.02 Å². The molecule has 1 amide bonds. The monoisotopic (exact) mass is 408 g/mol. The number of pyridine rings is 1. The lowest BCUT2D eigenvalue weighted by Gasteiger charge is -2.18. The van der Waals surface area contributed by atoms with E-state index >= 15 is 0 Å². The molecule has 7 nitrogen and oxygen atoms in total. The van der Waals surface area contributed by atoms with Gasteiger partial charge in [0.1, 0.15) is 19.0 Å². The number of thioether (sulfide) groups is 1. The SMILES string of the molecule is C[C@H](OC(=O)CSc1ccc2c(c1)OCCO2)C(=O)Nc1ccc(Cl)cn1. The van der Waals surface area contributed by atoms with Gasteiger partial charge in [-0.2, -0.15) is 0 Å². The van der Waals surface area contributed by atoms with Crippen molar-refractivity contribution in [2.75, 3.05) is 24.3 Å². The first-order chi connectivity index (χ1) is 13.0. The number of rotatable bonds is 6. The summed E-state index contributed by atoms with van der Waals surface area (Å²) in [5, 5.41) is 3.02. The van der Waals surface area contributed by atoms with E-state index in [9.17, 15) is 9.59 Å². The molecule has 3 rings (SSSR count). The number of carbonyl (C=O) groups excluding carboxylic acids is 2. The number of halogens is 1. The van der Waals surface area contributed by atoms with Crippen molar-refractivity contribution in [2.45, 2.75) is 17.9 Å². The smallest absolute Gasteiger partial charge is 0.317 e. The molecule has 0 saturated carbocycles. The first-order valence-electron chi connectivity index (χ1n) is 8.15. The van der Waals surface area contributed by atoms with Crippen molar-refractivity contribution in [1.29, 1.82) is 0 Å². The number of ether oxygens (including phenoxy) is 3. The van der Waals surface area contributed by atoms with Gasteiger partial charge in [-0.3, -0.25) is 9.59 Å². The summed E-state index contributed by atoms with van der Waals surface area (Å²) in [6.07, 6.45) is 0.466. The van der Waals surface area contributed by atoms with Gasteiger partial charge in [0.25, 0.3) is 5.91 Å². The maximum absolute atomic E-state index is 12.1. The van der Waals surface area contributed by atoms with E-state index in [-0.39, 0.29) is 5.75 Å². The summed E-state index contributed by atoms with van der Waals surface area (Å²) in [5.74, 6) is 0.773. The molecule has 0 radical (unpaired) electrons. The topological polar surface area (TPSA) is 86.8 Å². The third-order valence-corrected chi connectivity index (χ3v) is 4.72. The predicted molar refractivity (Wildman–Crippen MR) is 102 cm³/mol. The van der Waals surface area contributed by atoms with E-state index in [0.717, 1.165) is 4.90 Å². The summed E-state index contributed by atoms with van der Waals surface area (Å²) in [6, 6.07) is 8.62. The molecule has 0 bridgehead atoms. The van der Waals surface area contributed by atoms with Crippen molar-refractivity contribution in [1.82, 2.24) is 4.98 Å². The Kier molecular flexibility index (Phi) is 6.41. The van der Waals surface area contributed by atoms with Crippen LogP contribution in [0.15, 0.2) is 41.4 Å². The quantitative estimate of drug-likeness (QED) is 0.580. The minimum Gasteiger partial charge on any atom is -0.486 e. The minimum absolute atomic E-state index is 0.0659. The highest BCUT2D eigenvalue weighted by Gasteiger charge is 2.19. The van der Waals surface area contributed by atoms with Gasteiger partial charge in [0.05, 0.1) is 10.8 Å². The molecule has 1 aliphatic rings. The van der Waals surface area contributed by atoms with Crippen molar-refractivity contribution in [3.63, 3.8) is 0 Å². The molecule has 27 heavy (non-hydrogen) atoms. The molecular weight excluding hydrogens is 392 g/mol. The molecule has 0 aliphatic carbocycles. The van der Waals surface area contributed by atoms with E-state index in [1.165, 1.54) is 24.9 Å². The molecular formula is C18H17ClN2O5S. The Labute approximate surface area is 165 Å². The fourth-order valence-corrected chi connectivity index (χ4v) is 3.04. The van der Waals surface area contributed by atoms with Crippen molar-refractivity contribution < 1.29 is 23.8 Å². The summed E-state index contributed by atoms with van der Waals surface area (Å²) in [4.78, 5) is 28.9. The summed E-state index contributed by atoms with van der Waals surface area (Å²) in [5.41, 5.74) is 0. The Morgan fingerprint density at radius 1 is 1.26 bits per heavy atom. The highest BCUT2D eigenvalue weighted by atomic mass is 35.5. The van der Waals surface area contributed by atoms with Crippen molar-refractivity contribution >= 4 is 41.1 Å². The first-order valence-corrected chi connectivity index (χ1v) is 9.52. The summed E-state index contributed by atoms with van der Waals surface area (Å²) >= 11 is 7.03. The fraction of sp³-hybridized carbons (Fsp3) is 0.278. The number of anilines is 1. The molecule has 142 valence electrons. The number of nitrogens with zero attached hydrogens (tertiary/aromatic N) is 1. The fourth-order valence-electron chi connectivity index (χ4n) is 2.22.